The normalized spacial score (nSPS) is 18.4. The number of ether oxygens (including phenoxy) is 1. The van der Waals surface area contributed by atoms with E-state index in [0.29, 0.717) is 13.2 Å². The van der Waals surface area contributed by atoms with Crippen molar-refractivity contribution in [3.05, 3.63) is 34.3 Å². The predicted molar refractivity (Wildman–Crippen MR) is 89.5 cm³/mol. The molecule has 1 fully saturated rings. The van der Waals surface area contributed by atoms with Crippen LogP contribution in [-0.4, -0.2) is 25.2 Å². The van der Waals surface area contributed by atoms with Crippen LogP contribution in [0.2, 0.25) is 0 Å². The smallest absolute Gasteiger partial charge is 0.237 e. The molecule has 3 N–H and O–H groups in total. The highest BCUT2D eigenvalue weighted by atomic mass is 79.9. The molecule has 118 valence electrons. The number of nitrogens with two attached hydrogens (primary N) is 1. The van der Waals surface area contributed by atoms with Gasteiger partial charge in [-0.15, -0.1) is 12.4 Å². The first kappa shape index (κ1) is 18.4. The molecule has 0 spiro atoms. The third-order valence-corrected chi connectivity index (χ3v) is 4.53. The minimum absolute atomic E-state index is 0. The van der Waals surface area contributed by atoms with E-state index in [1.807, 2.05) is 31.2 Å². The van der Waals surface area contributed by atoms with Gasteiger partial charge in [-0.2, -0.15) is 0 Å². The molecule has 0 bridgehead atoms. The molecule has 1 aliphatic rings. The minimum atomic E-state index is -0.455. The number of hydrogen-bond acceptors (Lipinski definition) is 3. The van der Waals surface area contributed by atoms with E-state index in [-0.39, 0.29) is 30.3 Å². The Morgan fingerprint density at radius 1 is 1.38 bits per heavy atom. The number of amides is 1. The second kappa shape index (κ2) is 8.73. The second-order valence-electron chi connectivity index (χ2n) is 5.23. The van der Waals surface area contributed by atoms with Crippen LogP contribution in [0.4, 0.5) is 0 Å². The molecule has 4 nitrogen and oxygen atoms in total. The number of nitrogens with one attached hydrogen (secondary N) is 1. The predicted octanol–water partition coefficient (Wildman–Crippen LogP) is 2.80. The van der Waals surface area contributed by atoms with Crippen LogP contribution in [0.25, 0.3) is 0 Å². The van der Waals surface area contributed by atoms with Crippen molar-refractivity contribution in [1.29, 1.82) is 0 Å². The first-order chi connectivity index (χ1) is 9.59. The Hall–Kier alpha value is -0.620. The standard InChI is InChI=1S/C15H21BrN2O2.ClH/c1-10(12-4-2-3-5-13(12)16)18-15(19)14(17)11-6-8-20-9-7-11;/h2-5,10-11,14H,6-9,17H2,1H3,(H,18,19);1H. The molecule has 2 atom stereocenters. The molecule has 1 aromatic carbocycles. The summed E-state index contributed by atoms with van der Waals surface area (Å²) in [5.41, 5.74) is 7.13. The van der Waals surface area contributed by atoms with Gasteiger partial charge in [-0.3, -0.25) is 4.79 Å². The van der Waals surface area contributed by atoms with Crippen LogP contribution in [0.5, 0.6) is 0 Å². The summed E-state index contributed by atoms with van der Waals surface area (Å²) in [7, 11) is 0. The molecule has 1 aromatic rings. The molecule has 21 heavy (non-hydrogen) atoms. The molecule has 6 heteroatoms. The van der Waals surface area contributed by atoms with Crippen molar-refractivity contribution in [1.82, 2.24) is 5.32 Å². The summed E-state index contributed by atoms with van der Waals surface area (Å²) in [6.07, 6.45) is 1.72. The van der Waals surface area contributed by atoms with E-state index < -0.39 is 6.04 Å². The Bertz CT molecular complexity index is 467. The lowest BCUT2D eigenvalue weighted by molar-refractivity contribution is -0.125. The maximum absolute atomic E-state index is 12.2. The summed E-state index contributed by atoms with van der Waals surface area (Å²) in [6, 6.07) is 7.36. The SMILES string of the molecule is CC(NC(=O)C(N)C1CCOCC1)c1ccccc1Br.Cl. The Morgan fingerprint density at radius 3 is 2.62 bits per heavy atom. The number of carbonyl (C=O) groups excluding carboxylic acids is 1. The molecule has 0 aromatic heterocycles. The van der Waals surface area contributed by atoms with Crippen LogP contribution >= 0.6 is 28.3 Å². The topological polar surface area (TPSA) is 64.4 Å². The van der Waals surface area contributed by atoms with Crippen molar-refractivity contribution < 1.29 is 9.53 Å². The highest BCUT2D eigenvalue weighted by Gasteiger charge is 2.27. The molecule has 0 aliphatic carbocycles. The lowest BCUT2D eigenvalue weighted by atomic mass is 9.91. The van der Waals surface area contributed by atoms with E-state index in [1.54, 1.807) is 0 Å². The molecule has 2 rings (SSSR count). The fraction of sp³-hybridized carbons (Fsp3) is 0.533. The maximum atomic E-state index is 12.2. The van der Waals surface area contributed by atoms with Crippen LogP contribution in [-0.2, 0) is 9.53 Å². The zero-order valence-corrected chi connectivity index (χ0v) is 14.5. The fourth-order valence-electron chi connectivity index (χ4n) is 2.50. The van der Waals surface area contributed by atoms with E-state index in [4.69, 9.17) is 10.5 Å². The Labute approximate surface area is 140 Å². The summed E-state index contributed by atoms with van der Waals surface area (Å²) in [5.74, 6) is 0.135. The largest absolute Gasteiger partial charge is 0.381 e. The average Bonchev–Trinajstić information content (AvgIpc) is 2.47. The van der Waals surface area contributed by atoms with E-state index in [2.05, 4.69) is 21.2 Å². The van der Waals surface area contributed by atoms with Gasteiger partial charge < -0.3 is 15.8 Å². The van der Waals surface area contributed by atoms with Gasteiger partial charge in [-0.25, -0.2) is 0 Å². The van der Waals surface area contributed by atoms with Gasteiger partial charge in [0, 0.05) is 17.7 Å². The summed E-state index contributed by atoms with van der Waals surface area (Å²) >= 11 is 3.50. The summed E-state index contributed by atoms with van der Waals surface area (Å²) in [5, 5.41) is 3.00. The summed E-state index contributed by atoms with van der Waals surface area (Å²) in [4.78, 5) is 12.2. The van der Waals surface area contributed by atoms with Gasteiger partial charge in [0.15, 0.2) is 0 Å². The van der Waals surface area contributed by atoms with Gasteiger partial charge in [0.1, 0.15) is 0 Å². The summed E-state index contributed by atoms with van der Waals surface area (Å²) in [6.45, 7) is 3.37. The monoisotopic (exact) mass is 376 g/mol. The number of rotatable bonds is 4. The Balaban J connectivity index is 0.00000220. The van der Waals surface area contributed by atoms with Gasteiger partial charge in [-0.1, -0.05) is 34.1 Å². The fourth-order valence-corrected chi connectivity index (χ4v) is 3.13. The molecule has 1 amide bonds. The maximum Gasteiger partial charge on any atom is 0.237 e. The zero-order valence-electron chi connectivity index (χ0n) is 12.0. The molecule has 1 aliphatic heterocycles. The molecular formula is C15H22BrClN2O2. The zero-order chi connectivity index (χ0) is 14.5. The van der Waals surface area contributed by atoms with Gasteiger partial charge in [0.05, 0.1) is 12.1 Å². The first-order valence-corrected chi connectivity index (χ1v) is 7.77. The van der Waals surface area contributed by atoms with Crippen LogP contribution in [0.3, 0.4) is 0 Å². The third kappa shape index (κ3) is 4.95. The quantitative estimate of drug-likeness (QED) is 0.848. The molecule has 1 heterocycles. The van der Waals surface area contributed by atoms with Crippen molar-refractivity contribution >= 4 is 34.2 Å². The van der Waals surface area contributed by atoms with Gasteiger partial charge in [0.2, 0.25) is 5.91 Å². The lowest BCUT2D eigenvalue weighted by Crippen LogP contribution is -2.47. The van der Waals surface area contributed by atoms with Gasteiger partial charge >= 0.3 is 0 Å². The highest BCUT2D eigenvalue weighted by molar-refractivity contribution is 9.10. The lowest BCUT2D eigenvalue weighted by Gasteiger charge is -2.28. The minimum Gasteiger partial charge on any atom is -0.381 e. The average molecular weight is 378 g/mol. The first-order valence-electron chi connectivity index (χ1n) is 6.97. The van der Waals surface area contributed by atoms with Crippen molar-refractivity contribution in [2.45, 2.75) is 31.8 Å². The number of hydrogen-bond donors (Lipinski definition) is 2. The number of halogens is 2. The van der Waals surface area contributed by atoms with Gasteiger partial charge in [0.25, 0.3) is 0 Å². The number of carbonyl (C=O) groups is 1. The highest BCUT2D eigenvalue weighted by Crippen LogP contribution is 2.23. The molecule has 0 radical (unpaired) electrons. The van der Waals surface area contributed by atoms with E-state index in [1.165, 1.54) is 0 Å². The molecule has 0 saturated carbocycles. The van der Waals surface area contributed by atoms with E-state index in [9.17, 15) is 4.79 Å². The van der Waals surface area contributed by atoms with Crippen LogP contribution in [0.1, 0.15) is 31.4 Å². The van der Waals surface area contributed by atoms with E-state index in [0.717, 1.165) is 22.9 Å². The molecule has 1 saturated heterocycles. The van der Waals surface area contributed by atoms with Crippen molar-refractivity contribution in [2.24, 2.45) is 11.7 Å². The Morgan fingerprint density at radius 2 is 2.00 bits per heavy atom. The van der Waals surface area contributed by atoms with Crippen LogP contribution < -0.4 is 11.1 Å². The number of benzene rings is 1. The third-order valence-electron chi connectivity index (χ3n) is 3.81. The second-order valence-corrected chi connectivity index (χ2v) is 6.08. The van der Waals surface area contributed by atoms with Crippen molar-refractivity contribution in [3.8, 4) is 0 Å². The Kier molecular flexibility index (Phi) is 7.66. The van der Waals surface area contributed by atoms with Crippen molar-refractivity contribution in [3.63, 3.8) is 0 Å². The summed E-state index contributed by atoms with van der Waals surface area (Å²) < 4.78 is 6.30. The molecular weight excluding hydrogens is 356 g/mol. The van der Waals surface area contributed by atoms with Gasteiger partial charge in [-0.05, 0) is 37.3 Å². The van der Waals surface area contributed by atoms with E-state index >= 15 is 0 Å². The van der Waals surface area contributed by atoms with Crippen molar-refractivity contribution in [2.75, 3.05) is 13.2 Å². The van der Waals surface area contributed by atoms with Crippen LogP contribution in [0.15, 0.2) is 28.7 Å². The molecule has 2 unspecified atom stereocenters. The van der Waals surface area contributed by atoms with Crippen LogP contribution in [0, 0.1) is 5.92 Å².